The second kappa shape index (κ2) is 5.71. The first kappa shape index (κ1) is 14.2. The first-order chi connectivity index (χ1) is 12.4. The van der Waals surface area contributed by atoms with Crippen LogP contribution in [0, 0.1) is 0 Å². The molecule has 0 saturated carbocycles. The van der Waals surface area contributed by atoms with Crippen molar-refractivity contribution in [1.82, 2.24) is 0 Å². The molecule has 0 N–H and O–H groups in total. The molecule has 0 aromatic heterocycles. The summed E-state index contributed by atoms with van der Waals surface area (Å²) in [4.78, 5) is 5.05. The average Bonchev–Trinajstić information content (AvgIpc) is 3.08. The van der Waals surface area contributed by atoms with Crippen LogP contribution in [-0.4, -0.2) is 11.8 Å². The highest BCUT2D eigenvalue weighted by atomic mass is 14.8. The highest BCUT2D eigenvalue weighted by molar-refractivity contribution is 6.35. The molecule has 1 atom stereocenters. The molecule has 0 radical (unpaired) electrons. The molecule has 0 saturated heterocycles. The SMILES string of the molecule is C1=CC2=C(c3ccccc3)C(c3ccc4ccccc4c3)=NC2C=C1. The Labute approximate surface area is 147 Å². The molecule has 118 valence electrons. The van der Waals surface area contributed by atoms with Gasteiger partial charge < -0.3 is 0 Å². The maximum Gasteiger partial charge on any atom is 0.0947 e. The zero-order valence-corrected chi connectivity index (χ0v) is 13.8. The summed E-state index contributed by atoms with van der Waals surface area (Å²) in [7, 11) is 0. The van der Waals surface area contributed by atoms with Crippen LogP contribution in [0.15, 0.2) is 108 Å². The molecule has 1 unspecified atom stereocenters. The van der Waals surface area contributed by atoms with E-state index in [0.29, 0.717) is 0 Å². The van der Waals surface area contributed by atoms with E-state index in [2.05, 4.69) is 97.1 Å². The maximum absolute atomic E-state index is 5.05. The van der Waals surface area contributed by atoms with E-state index < -0.39 is 0 Å². The van der Waals surface area contributed by atoms with Gasteiger partial charge in [-0.2, -0.15) is 0 Å². The number of aliphatic imine (C=N–C) groups is 1. The number of rotatable bonds is 2. The summed E-state index contributed by atoms with van der Waals surface area (Å²) in [5.74, 6) is 0. The van der Waals surface area contributed by atoms with Gasteiger partial charge in [-0.05, 0) is 28.0 Å². The lowest BCUT2D eigenvalue weighted by molar-refractivity contribution is 0.999. The molecule has 1 heteroatoms. The van der Waals surface area contributed by atoms with Crippen molar-refractivity contribution in [2.24, 2.45) is 4.99 Å². The fourth-order valence-electron chi connectivity index (χ4n) is 3.68. The van der Waals surface area contributed by atoms with Crippen molar-refractivity contribution in [2.45, 2.75) is 6.04 Å². The smallest absolute Gasteiger partial charge is 0.0947 e. The first-order valence-corrected chi connectivity index (χ1v) is 8.62. The highest BCUT2D eigenvalue weighted by Crippen LogP contribution is 2.36. The zero-order chi connectivity index (χ0) is 16.6. The Morgan fingerprint density at radius 1 is 0.680 bits per heavy atom. The largest absolute Gasteiger partial charge is 0.272 e. The molecule has 5 rings (SSSR count). The number of benzene rings is 3. The van der Waals surface area contributed by atoms with Crippen LogP contribution >= 0.6 is 0 Å². The summed E-state index contributed by atoms with van der Waals surface area (Å²) in [5, 5.41) is 2.51. The van der Waals surface area contributed by atoms with Gasteiger partial charge in [0.05, 0.1) is 11.8 Å². The van der Waals surface area contributed by atoms with E-state index in [4.69, 9.17) is 4.99 Å². The normalized spacial score (nSPS) is 18.6. The van der Waals surface area contributed by atoms with Gasteiger partial charge in [0.1, 0.15) is 0 Å². The monoisotopic (exact) mass is 319 g/mol. The summed E-state index contributed by atoms with van der Waals surface area (Å²) in [6.07, 6.45) is 8.56. The molecule has 0 amide bonds. The van der Waals surface area contributed by atoms with Crippen LogP contribution in [0.1, 0.15) is 11.1 Å². The molecular formula is C24H17N. The minimum atomic E-state index is 0.127. The molecule has 1 nitrogen and oxygen atoms in total. The third kappa shape index (κ3) is 2.36. The lowest BCUT2D eigenvalue weighted by atomic mass is 9.90. The number of fused-ring (bicyclic) bond motifs is 2. The topological polar surface area (TPSA) is 12.4 Å². The molecule has 25 heavy (non-hydrogen) atoms. The highest BCUT2D eigenvalue weighted by Gasteiger charge is 2.27. The zero-order valence-electron chi connectivity index (χ0n) is 13.8. The average molecular weight is 319 g/mol. The van der Waals surface area contributed by atoms with Crippen molar-refractivity contribution in [3.8, 4) is 0 Å². The molecule has 1 aliphatic heterocycles. The van der Waals surface area contributed by atoms with Crippen molar-refractivity contribution in [3.05, 3.63) is 114 Å². The Hall–Kier alpha value is -3.19. The van der Waals surface area contributed by atoms with Gasteiger partial charge >= 0.3 is 0 Å². The Morgan fingerprint density at radius 3 is 2.36 bits per heavy atom. The summed E-state index contributed by atoms with van der Waals surface area (Å²) in [6.45, 7) is 0. The van der Waals surface area contributed by atoms with Crippen LogP contribution in [0.4, 0.5) is 0 Å². The van der Waals surface area contributed by atoms with Gasteiger partial charge in [0.2, 0.25) is 0 Å². The molecule has 3 aromatic rings. The van der Waals surface area contributed by atoms with E-state index in [9.17, 15) is 0 Å². The fraction of sp³-hybridized carbons (Fsp3) is 0.0417. The van der Waals surface area contributed by atoms with E-state index in [1.165, 1.54) is 33.0 Å². The molecular weight excluding hydrogens is 302 g/mol. The standard InChI is InChI=1S/C24H17N/c1-2-9-18(10-3-1)23-21-12-6-7-13-22(21)25-24(23)20-15-14-17-8-4-5-11-19(17)16-20/h1-16,22H. The number of hydrogen-bond acceptors (Lipinski definition) is 1. The molecule has 1 aliphatic carbocycles. The quantitative estimate of drug-likeness (QED) is 0.584. The van der Waals surface area contributed by atoms with E-state index in [1.54, 1.807) is 0 Å². The molecule has 2 aliphatic rings. The van der Waals surface area contributed by atoms with Crippen LogP contribution in [0.3, 0.4) is 0 Å². The Kier molecular flexibility index (Phi) is 3.24. The molecule has 3 aromatic carbocycles. The lowest BCUT2D eigenvalue weighted by Crippen LogP contribution is -2.03. The fourth-order valence-corrected chi connectivity index (χ4v) is 3.68. The number of hydrogen-bond donors (Lipinski definition) is 0. The Bertz CT molecular complexity index is 1080. The van der Waals surface area contributed by atoms with Gasteiger partial charge in [-0.25, -0.2) is 0 Å². The predicted octanol–water partition coefficient (Wildman–Crippen LogP) is 5.59. The van der Waals surface area contributed by atoms with Crippen molar-refractivity contribution in [2.75, 3.05) is 0 Å². The van der Waals surface area contributed by atoms with E-state index in [1.807, 2.05) is 0 Å². The summed E-state index contributed by atoms with van der Waals surface area (Å²) >= 11 is 0. The van der Waals surface area contributed by atoms with Gasteiger partial charge in [-0.1, -0.05) is 91.0 Å². The van der Waals surface area contributed by atoms with Gasteiger partial charge in [0, 0.05) is 11.1 Å². The Balaban J connectivity index is 1.72. The maximum atomic E-state index is 5.05. The van der Waals surface area contributed by atoms with Crippen LogP contribution in [0.2, 0.25) is 0 Å². The van der Waals surface area contributed by atoms with Crippen molar-refractivity contribution in [1.29, 1.82) is 0 Å². The van der Waals surface area contributed by atoms with Crippen LogP contribution in [0.5, 0.6) is 0 Å². The van der Waals surface area contributed by atoms with Gasteiger partial charge in [-0.15, -0.1) is 0 Å². The minimum Gasteiger partial charge on any atom is -0.272 e. The third-order valence-electron chi connectivity index (χ3n) is 4.88. The third-order valence-corrected chi connectivity index (χ3v) is 4.88. The predicted molar refractivity (Wildman–Crippen MR) is 106 cm³/mol. The second-order valence-electron chi connectivity index (χ2n) is 6.42. The van der Waals surface area contributed by atoms with E-state index in [-0.39, 0.29) is 6.04 Å². The molecule has 0 spiro atoms. The minimum absolute atomic E-state index is 0.127. The Morgan fingerprint density at radius 2 is 1.48 bits per heavy atom. The van der Waals surface area contributed by atoms with Crippen molar-refractivity contribution in [3.63, 3.8) is 0 Å². The number of allylic oxidation sites excluding steroid dienone is 3. The second-order valence-corrected chi connectivity index (χ2v) is 6.42. The van der Waals surface area contributed by atoms with Gasteiger partial charge in [0.25, 0.3) is 0 Å². The summed E-state index contributed by atoms with van der Waals surface area (Å²) in [6, 6.07) is 25.8. The lowest BCUT2D eigenvalue weighted by Gasteiger charge is -2.11. The van der Waals surface area contributed by atoms with Crippen molar-refractivity contribution < 1.29 is 0 Å². The summed E-state index contributed by atoms with van der Waals surface area (Å²) in [5.41, 5.74) is 6.04. The van der Waals surface area contributed by atoms with E-state index >= 15 is 0 Å². The van der Waals surface area contributed by atoms with Crippen LogP contribution < -0.4 is 0 Å². The van der Waals surface area contributed by atoms with Gasteiger partial charge in [-0.3, -0.25) is 4.99 Å². The van der Waals surface area contributed by atoms with E-state index in [0.717, 1.165) is 5.71 Å². The molecule has 1 heterocycles. The van der Waals surface area contributed by atoms with Crippen molar-refractivity contribution >= 4 is 22.1 Å². The van der Waals surface area contributed by atoms with Crippen LogP contribution in [0.25, 0.3) is 16.3 Å². The first-order valence-electron chi connectivity index (χ1n) is 8.62. The van der Waals surface area contributed by atoms with Gasteiger partial charge in [0.15, 0.2) is 0 Å². The molecule has 0 fully saturated rings. The number of nitrogens with zero attached hydrogens (tertiary/aromatic N) is 1. The summed E-state index contributed by atoms with van der Waals surface area (Å²) < 4.78 is 0. The van der Waals surface area contributed by atoms with Crippen LogP contribution in [-0.2, 0) is 0 Å². The molecule has 0 bridgehead atoms.